The predicted octanol–water partition coefficient (Wildman–Crippen LogP) is 2.78. The van der Waals surface area contributed by atoms with Crippen LogP contribution in [0.15, 0.2) is 48.2 Å². The van der Waals surface area contributed by atoms with Crippen molar-refractivity contribution in [1.29, 1.82) is 0 Å². The zero-order valence-corrected chi connectivity index (χ0v) is 18.8. The van der Waals surface area contributed by atoms with Crippen LogP contribution >= 0.6 is 0 Å². The molecule has 3 heterocycles. The molecule has 2 amide bonds. The number of hydrogen-bond acceptors (Lipinski definition) is 5. The summed E-state index contributed by atoms with van der Waals surface area (Å²) in [6.07, 6.45) is 0.870. The van der Waals surface area contributed by atoms with E-state index in [1.54, 1.807) is 0 Å². The third-order valence-corrected chi connectivity index (χ3v) is 6.84. The summed E-state index contributed by atoms with van der Waals surface area (Å²) in [5, 5.41) is 0. The lowest BCUT2D eigenvalue weighted by molar-refractivity contribution is -0.137. The highest BCUT2D eigenvalue weighted by Gasteiger charge is 2.43. The van der Waals surface area contributed by atoms with Gasteiger partial charge in [-0.3, -0.25) is 19.4 Å². The van der Waals surface area contributed by atoms with E-state index in [0.29, 0.717) is 44.1 Å². The van der Waals surface area contributed by atoms with Gasteiger partial charge in [0.25, 0.3) is 11.8 Å². The molecule has 1 saturated heterocycles. The van der Waals surface area contributed by atoms with Crippen molar-refractivity contribution in [2.24, 2.45) is 0 Å². The second-order valence-corrected chi connectivity index (χ2v) is 8.77. The Morgan fingerprint density at radius 1 is 0.875 bits per heavy atom. The molecule has 0 atom stereocenters. The fraction of sp³-hybridized carbons (Fsp3) is 0.385. The van der Waals surface area contributed by atoms with E-state index < -0.39 is 0 Å². The molecule has 0 bridgehead atoms. The lowest BCUT2D eigenvalue weighted by atomic mass is 9.99. The summed E-state index contributed by atoms with van der Waals surface area (Å²) in [4.78, 5) is 33.1. The van der Waals surface area contributed by atoms with Crippen LogP contribution < -0.4 is 4.90 Å². The van der Waals surface area contributed by atoms with Crippen molar-refractivity contribution >= 4 is 23.1 Å². The monoisotopic (exact) mass is 431 g/mol. The number of ether oxygens (including phenoxy) is 1. The molecule has 1 fully saturated rings. The molecule has 0 saturated carbocycles. The Balaban J connectivity index is 1.52. The number of aryl methyl sites for hydroxylation is 2. The number of anilines is 1. The summed E-state index contributed by atoms with van der Waals surface area (Å²) in [5.41, 5.74) is 6.39. The number of morpholine rings is 1. The Kier molecular flexibility index (Phi) is 5.57. The fourth-order valence-corrected chi connectivity index (χ4v) is 4.81. The molecule has 6 heteroatoms. The molecule has 0 spiro atoms. The maximum atomic E-state index is 13.7. The highest BCUT2D eigenvalue weighted by molar-refractivity contribution is 6.36. The van der Waals surface area contributed by atoms with Gasteiger partial charge in [-0.15, -0.1) is 0 Å². The number of rotatable bonds is 5. The molecule has 2 aromatic carbocycles. The van der Waals surface area contributed by atoms with E-state index in [1.165, 1.54) is 16.0 Å². The smallest absolute Gasteiger partial charge is 0.278 e. The second kappa shape index (κ2) is 8.52. The number of amides is 2. The largest absolute Gasteiger partial charge is 0.379 e. The molecule has 0 N–H and O–H groups in total. The van der Waals surface area contributed by atoms with E-state index in [0.717, 1.165) is 36.3 Å². The average Bonchev–Trinajstić information content (AvgIpc) is 3.33. The Hall–Kier alpha value is -2.96. The molecule has 0 radical (unpaired) electrons. The van der Waals surface area contributed by atoms with Crippen molar-refractivity contribution < 1.29 is 14.3 Å². The predicted molar refractivity (Wildman–Crippen MR) is 124 cm³/mol. The van der Waals surface area contributed by atoms with Crippen LogP contribution in [0.3, 0.4) is 0 Å². The average molecular weight is 432 g/mol. The van der Waals surface area contributed by atoms with E-state index in [9.17, 15) is 9.59 Å². The van der Waals surface area contributed by atoms with E-state index >= 15 is 0 Å². The highest BCUT2D eigenvalue weighted by Crippen LogP contribution is 2.38. The summed E-state index contributed by atoms with van der Waals surface area (Å²) >= 11 is 0. The molecule has 0 aliphatic carbocycles. The Morgan fingerprint density at radius 3 is 2.44 bits per heavy atom. The Labute approximate surface area is 189 Å². The standard InChI is InChI=1S/C26H29N3O3/c1-18-7-8-21(17-19(18)2)23-24(28-10-9-20-5-3-4-6-22(20)28)26(31)29(25(23)30)12-11-27-13-15-32-16-14-27/h3-8,17H,9-16H2,1-2H3. The molecule has 3 aliphatic heterocycles. The minimum absolute atomic E-state index is 0.187. The minimum Gasteiger partial charge on any atom is -0.379 e. The first-order chi connectivity index (χ1) is 15.5. The summed E-state index contributed by atoms with van der Waals surface area (Å²) < 4.78 is 5.42. The summed E-state index contributed by atoms with van der Waals surface area (Å²) in [7, 11) is 0. The van der Waals surface area contributed by atoms with E-state index in [4.69, 9.17) is 4.74 Å². The molecule has 0 unspecified atom stereocenters. The molecule has 166 valence electrons. The van der Waals surface area contributed by atoms with Gasteiger partial charge in [-0.2, -0.15) is 0 Å². The number of nitrogens with zero attached hydrogens (tertiary/aromatic N) is 3. The number of para-hydroxylation sites is 1. The van der Waals surface area contributed by atoms with E-state index in [1.807, 2.05) is 43.3 Å². The maximum absolute atomic E-state index is 13.7. The van der Waals surface area contributed by atoms with Gasteiger partial charge >= 0.3 is 0 Å². The molecule has 5 rings (SSSR count). The van der Waals surface area contributed by atoms with Gasteiger partial charge in [0.05, 0.1) is 18.8 Å². The zero-order chi connectivity index (χ0) is 22.2. The van der Waals surface area contributed by atoms with Crippen LogP contribution in [0.1, 0.15) is 22.3 Å². The minimum atomic E-state index is -0.189. The molecule has 3 aliphatic rings. The first-order valence-corrected chi connectivity index (χ1v) is 11.4. The number of carbonyl (C=O) groups is 2. The molecule has 0 aromatic heterocycles. The molecule has 6 nitrogen and oxygen atoms in total. The summed E-state index contributed by atoms with van der Waals surface area (Å²) in [5.74, 6) is -0.376. The lowest BCUT2D eigenvalue weighted by Crippen LogP contribution is -2.44. The normalized spacial score (nSPS) is 19.3. The van der Waals surface area contributed by atoms with Gasteiger partial charge in [0.1, 0.15) is 5.70 Å². The van der Waals surface area contributed by atoms with Gasteiger partial charge in [0.2, 0.25) is 0 Å². The van der Waals surface area contributed by atoms with Crippen molar-refractivity contribution in [2.45, 2.75) is 20.3 Å². The van der Waals surface area contributed by atoms with Crippen LogP contribution in [-0.2, 0) is 20.7 Å². The molecular formula is C26H29N3O3. The number of benzene rings is 2. The van der Waals surface area contributed by atoms with Gasteiger partial charge in [-0.25, -0.2) is 0 Å². The molecular weight excluding hydrogens is 402 g/mol. The van der Waals surface area contributed by atoms with Crippen LogP contribution in [-0.4, -0.2) is 67.6 Å². The summed E-state index contributed by atoms with van der Waals surface area (Å²) in [6.45, 7) is 8.94. The Morgan fingerprint density at radius 2 is 1.66 bits per heavy atom. The Bertz CT molecular complexity index is 1100. The van der Waals surface area contributed by atoms with Crippen molar-refractivity contribution in [3.8, 4) is 0 Å². The van der Waals surface area contributed by atoms with E-state index in [2.05, 4.69) is 22.8 Å². The van der Waals surface area contributed by atoms with Crippen LogP contribution in [0.5, 0.6) is 0 Å². The molecule has 32 heavy (non-hydrogen) atoms. The first kappa shape index (κ1) is 20.9. The number of fused-ring (bicyclic) bond motifs is 1. The van der Waals surface area contributed by atoms with Crippen LogP contribution in [0, 0.1) is 13.8 Å². The summed E-state index contributed by atoms with van der Waals surface area (Å²) in [6, 6.07) is 14.2. The van der Waals surface area contributed by atoms with Gasteiger partial charge in [0.15, 0.2) is 0 Å². The van der Waals surface area contributed by atoms with E-state index in [-0.39, 0.29) is 11.8 Å². The maximum Gasteiger partial charge on any atom is 0.278 e. The third-order valence-electron chi connectivity index (χ3n) is 6.84. The topological polar surface area (TPSA) is 53.1 Å². The fourth-order valence-electron chi connectivity index (χ4n) is 4.81. The number of imide groups is 1. The first-order valence-electron chi connectivity index (χ1n) is 11.4. The molecule has 2 aromatic rings. The second-order valence-electron chi connectivity index (χ2n) is 8.77. The van der Waals surface area contributed by atoms with Crippen molar-refractivity contribution in [3.05, 3.63) is 70.4 Å². The van der Waals surface area contributed by atoms with Crippen LogP contribution in [0.2, 0.25) is 0 Å². The lowest BCUT2D eigenvalue weighted by Gasteiger charge is -2.28. The van der Waals surface area contributed by atoms with Crippen LogP contribution in [0.4, 0.5) is 5.69 Å². The van der Waals surface area contributed by atoms with Crippen molar-refractivity contribution in [1.82, 2.24) is 9.80 Å². The van der Waals surface area contributed by atoms with Crippen LogP contribution in [0.25, 0.3) is 5.57 Å². The number of hydrogen-bond donors (Lipinski definition) is 0. The van der Waals surface area contributed by atoms with Gasteiger partial charge < -0.3 is 9.64 Å². The SMILES string of the molecule is Cc1ccc(C2=C(N3CCc4ccccc43)C(=O)N(CCN3CCOCC3)C2=O)cc1C. The highest BCUT2D eigenvalue weighted by atomic mass is 16.5. The number of carbonyl (C=O) groups excluding carboxylic acids is 2. The van der Waals surface area contributed by atoms with Gasteiger partial charge in [0, 0.05) is 38.4 Å². The third kappa shape index (κ3) is 3.63. The zero-order valence-electron chi connectivity index (χ0n) is 18.8. The van der Waals surface area contributed by atoms with Crippen molar-refractivity contribution in [3.63, 3.8) is 0 Å². The van der Waals surface area contributed by atoms with Gasteiger partial charge in [-0.1, -0.05) is 36.4 Å². The van der Waals surface area contributed by atoms with Gasteiger partial charge in [-0.05, 0) is 48.6 Å². The van der Waals surface area contributed by atoms with Crippen molar-refractivity contribution in [2.75, 3.05) is 50.8 Å². The quantitative estimate of drug-likeness (QED) is 0.682.